The average molecular weight is 362 g/mol. The number of nitro groups is 1. The van der Waals surface area contributed by atoms with E-state index in [2.05, 4.69) is 9.72 Å². The molecule has 6 nitrogen and oxygen atoms in total. The standard InChI is InChI=1S/C7H2F3IN2O4/c8-7(9,10)17-5-3(2-14)1-12-6(11)4(5)13(15)16/h1-2H. The summed E-state index contributed by atoms with van der Waals surface area (Å²) in [5.74, 6) is -1.16. The molecule has 0 aromatic carbocycles. The van der Waals surface area contributed by atoms with Crippen molar-refractivity contribution in [3.63, 3.8) is 0 Å². The summed E-state index contributed by atoms with van der Waals surface area (Å²) in [7, 11) is 0. The molecular formula is C7H2F3IN2O4. The van der Waals surface area contributed by atoms with Gasteiger partial charge in [0.15, 0.2) is 9.99 Å². The number of rotatable bonds is 3. The van der Waals surface area contributed by atoms with Crippen molar-refractivity contribution in [2.24, 2.45) is 0 Å². The van der Waals surface area contributed by atoms with Crippen LogP contribution in [0.3, 0.4) is 0 Å². The van der Waals surface area contributed by atoms with E-state index >= 15 is 0 Å². The van der Waals surface area contributed by atoms with Crippen molar-refractivity contribution in [1.29, 1.82) is 0 Å². The van der Waals surface area contributed by atoms with Crippen LogP contribution in [0.1, 0.15) is 10.4 Å². The highest BCUT2D eigenvalue weighted by molar-refractivity contribution is 14.1. The van der Waals surface area contributed by atoms with Crippen molar-refractivity contribution in [3.05, 3.63) is 25.6 Å². The Hall–Kier alpha value is -1.46. The second kappa shape index (κ2) is 4.81. The fraction of sp³-hybridized carbons (Fsp3) is 0.143. The predicted octanol–water partition coefficient (Wildman–Crippen LogP) is 2.31. The van der Waals surface area contributed by atoms with Crippen molar-refractivity contribution in [2.45, 2.75) is 6.36 Å². The van der Waals surface area contributed by atoms with E-state index in [4.69, 9.17) is 0 Å². The smallest absolute Gasteiger partial charge is 0.397 e. The van der Waals surface area contributed by atoms with E-state index in [1.54, 1.807) is 0 Å². The number of hydrogen-bond acceptors (Lipinski definition) is 5. The van der Waals surface area contributed by atoms with E-state index < -0.39 is 28.3 Å². The lowest BCUT2D eigenvalue weighted by atomic mass is 10.2. The molecule has 1 heterocycles. The number of ether oxygens (including phenoxy) is 1. The highest BCUT2D eigenvalue weighted by atomic mass is 127. The van der Waals surface area contributed by atoms with Gasteiger partial charge in [-0.05, 0) is 22.6 Å². The first kappa shape index (κ1) is 13.6. The number of carbonyl (C=O) groups excluding carboxylic acids is 1. The van der Waals surface area contributed by atoms with E-state index in [1.807, 2.05) is 0 Å². The SMILES string of the molecule is O=Cc1cnc(I)c([N+](=O)[O-])c1OC(F)(F)F. The molecule has 0 aliphatic rings. The first-order valence-corrected chi connectivity index (χ1v) is 4.88. The number of hydrogen-bond donors (Lipinski definition) is 0. The Bertz CT molecular complexity index is 477. The van der Waals surface area contributed by atoms with E-state index in [-0.39, 0.29) is 9.99 Å². The van der Waals surface area contributed by atoms with Gasteiger partial charge in [0.25, 0.3) is 0 Å². The minimum Gasteiger partial charge on any atom is -0.397 e. The maximum Gasteiger partial charge on any atom is 0.573 e. The van der Waals surface area contributed by atoms with Gasteiger partial charge in [0.1, 0.15) is 0 Å². The third-order valence-corrected chi connectivity index (χ3v) is 2.31. The van der Waals surface area contributed by atoms with Crippen LogP contribution in [0.5, 0.6) is 5.75 Å². The molecule has 0 bridgehead atoms. The minimum absolute atomic E-state index is 0.00282. The zero-order valence-electron chi connectivity index (χ0n) is 7.69. The van der Waals surface area contributed by atoms with E-state index in [0.29, 0.717) is 0 Å². The number of nitrogens with zero attached hydrogens (tertiary/aromatic N) is 2. The van der Waals surface area contributed by atoms with Crippen LogP contribution in [-0.4, -0.2) is 22.6 Å². The highest BCUT2D eigenvalue weighted by Gasteiger charge is 2.37. The molecule has 0 saturated carbocycles. The molecule has 0 unspecified atom stereocenters. The summed E-state index contributed by atoms with van der Waals surface area (Å²) in [5, 5.41) is 10.6. The molecule has 1 aromatic heterocycles. The first-order valence-electron chi connectivity index (χ1n) is 3.80. The van der Waals surface area contributed by atoms with Gasteiger partial charge in [0.05, 0.1) is 10.5 Å². The molecule has 0 saturated heterocycles. The number of aromatic nitrogens is 1. The van der Waals surface area contributed by atoms with Gasteiger partial charge in [-0.1, -0.05) is 0 Å². The van der Waals surface area contributed by atoms with Gasteiger partial charge in [0.2, 0.25) is 5.75 Å². The molecule has 0 spiro atoms. The molecule has 0 aliphatic heterocycles. The average Bonchev–Trinajstić information content (AvgIpc) is 2.15. The number of aldehydes is 1. The van der Waals surface area contributed by atoms with Gasteiger partial charge >= 0.3 is 12.0 Å². The molecule has 0 atom stereocenters. The van der Waals surface area contributed by atoms with Crippen LogP contribution in [-0.2, 0) is 0 Å². The second-order valence-electron chi connectivity index (χ2n) is 2.60. The molecule has 0 aliphatic carbocycles. The Labute approximate surface area is 105 Å². The van der Waals surface area contributed by atoms with Crippen LogP contribution in [0, 0.1) is 13.8 Å². The minimum atomic E-state index is -5.13. The molecule has 0 amide bonds. The van der Waals surface area contributed by atoms with E-state index in [0.717, 1.165) is 6.20 Å². The van der Waals surface area contributed by atoms with Crippen LogP contribution in [0.25, 0.3) is 0 Å². The van der Waals surface area contributed by atoms with Crippen molar-refractivity contribution in [3.8, 4) is 5.75 Å². The number of carbonyl (C=O) groups is 1. The summed E-state index contributed by atoms with van der Waals surface area (Å²) >= 11 is 1.37. The molecule has 0 fully saturated rings. The van der Waals surface area contributed by atoms with E-state index in [1.165, 1.54) is 22.6 Å². The normalized spacial score (nSPS) is 11.1. The third kappa shape index (κ3) is 3.25. The van der Waals surface area contributed by atoms with Crippen LogP contribution < -0.4 is 4.74 Å². The van der Waals surface area contributed by atoms with Gasteiger partial charge in [-0.25, -0.2) is 4.98 Å². The molecule has 0 radical (unpaired) electrons. The number of halogens is 4. The first-order chi connectivity index (χ1) is 7.76. The lowest BCUT2D eigenvalue weighted by Crippen LogP contribution is -2.19. The molecule has 1 rings (SSSR count). The summed E-state index contributed by atoms with van der Waals surface area (Å²) in [5.41, 5.74) is -1.64. The van der Waals surface area contributed by atoms with Gasteiger partial charge in [-0.3, -0.25) is 14.9 Å². The summed E-state index contributed by atoms with van der Waals surface area (Å²) in [6.07, 6.45) is -4.37. The summed E-state index contributed by atoms with van der Waals surface area (Å²) in [6, 6.07) is 0. The maximum absolute atomic E-state index is 12.0. The van der Waals surface area contributed by atoms with Crippen molar-refractivity contribution < 1.29 is 27.6 Å². The van der Waals surface area contributed by atoms with Gasteiger partial charge in [0, 0.05) is 6.20 Å². The fourth-order valence-electron chi connectivity index (χ4n) is 0.942. The highest BCUT2D eigenvalue weighted by Crippen LogP contribution is 2.36. The van der Waals surface area contributed by atoms with Gasteiger partial charge in [-0.15, -0.1) is 13.2 Å². The lowest BCUT2D eigenvalue weighted by Gasteiger charge is -2.10. The maximum atomic E-state index is 12.0. The molecule has 17 heavy (non-hydrogen) atoms. The van der Waals surface area contributed by atoms with Crippen molar-refractivity contribution in [1.82, 2.24) is 4.98 Å². The third-order valence-electron chi connectivity index (χ3n) is 1.52. The van der Waals surface area contributed by atoms with E-state index in [9.17, 15) is 28.1 Å². The summed E-state index contributed by atoms with van der Waals surface area (Å²) in [4.78, 5) is 23.4. The van der Waals surface area contributed by atoms with Crippen LogP contribution >= 0.6 is 22.6 Å². The molecular weight excluding hydrogens is 360 g/mol. The Kier molecular flexibility index (Phi) is 3.85. The summed E-state index contributed by atoms with van der Waals surface area (Å²) in [6.45, 7) is 0. The topological polar surface area (TPSA) is 82.3 Å². The number of alkyl halides is 3. The molecule has 1 aromatic rings. The van der Waals surface area contributed by atoms with Gasteiger partial charge in [-0.2, -0.15) is 0 Å². The molecule has 10 heteroatoms. The van der Waals surface area contributed by atoms with Crippen LogP contribution in [0.15, 0.2) is 6.20 Å². The lowest BCUT2D eigenvalue weighted by molar-refractivity contribution is -0.390. The Morgan fingerprint density at radius 3 is 2.53 bits per heavy atom. The molecule has 0 N–H and O–H groups in total. The van der Waals surface area contributed by atoms with Crippen LogP contribution in [0.4, 0.5) is 18.9 Å². The van der Waals surface area contributed by atoms with Crippen LogP contribution in [0.2, 0.25) is 0 Å². The zero-order valence-corrected chi connectivity index (χ0v) is 9.85. The fourth-order valence-corrected chi connectivity index (χ4v) is 1.52. The van der Waals surface area contributed by atoms with Crippen molar-refractivity contribution >= 4 is 34.6 Å². The zero-order chi connectivity index (χ0) is 13.2. The second-order valence-corrected chi connectivity index (χ2v) is 3.63. The largest absolute Gasteiger partial charge is 0.573 e. The summed E-state index contributed by atoms with van der Waals surface area (Å²) < 4.78 is 39.3. The van der Waals surface area contributed by atoms with Gasteiger partial charge < -0.3 is 4.74 Å². The number of pyridine rings is 1. The Morgan fingerprint density at radius 2 is 2.12 bits per heavy atom. The Balaban J connectivity index is 3.45. The predicted molar refractivity (Wildman–Crippen MR) is 55.7 cm³/mol. The monoisotopic (exact) mass is 362 g/mol. The Morgan fingerprint density at radius 1 is 1.53 bits per heavy atom. The van der Waals surface area contributed by atoms with Crippen molar-refractivity contribution in [2.75, 3.05) is 0 Å². The molecule has 92 valence electrons. The quantitative estimate of drug-likeness (QED) is 0.271.